The van der Waals surface area contributed by atoms with Crippen molar-refractivity contribution in [1.82, 2.24) is 5.32 Å². The number of carbonyl (C=O) groups is 2. The van der Waals surface area contributed by atoms with E-state index in [2.05, 4.69) is 5.32 Å². The van der Waals surface area contributed by atoms with Crippen LogP contribution in [0.2, 0.25) is 0 Å². The van der Waals surface area contributed by atoms with Crippen LogP contribution in [0.1, 0.15) is 18.4 Å². The molecule has 1 N–H and O–H groups in total. The summed E-state index contributed by atoms with van der Waals surface area (Å²) in [7, 11) is 0. The number of fused-ring (bicyclic) bond motifs is 1. The van der Waals surface area contributed by atoms with Crippen molar-refractivity contribution in [2.45, 2.75) is 19.4 Å². The van der Waals surface area contributed by atoms with Crippen LogP contribution < -0.4 is 19.9 Å². The average molecular weight is 264 g/mol. The SMILES string of the molecule is O=C([O-])CCC(=O)NCc1ccc2c(c1)OCCO2. The first-order chi connectivity index (χ1) is 9.15. The van der Waals surface area contributed by atoms with E-state index in [1.807, 2.05) is 6.07 Å². The van der Waals surface area contributed by atoms with Crippen LogP contribution in [0.25, 0.3) is 0 Å². The molecular formula is C13H14NO5-. The quantitative estimate of drug-likeness (QED) is 0.782. The number of ether oxygens (including phenoxy) is 2. The third-order valence-electron chi connectivity index (χ3n) is 2.65. The summed E-state index contributed by atoms with van der Waals surface area (Å²) in [4.78, 5) is 21.6. The number of rotatable bonds is 5. The van der Waals surface area contributed by atoms with Crippen LogP contribution in [0.15, 0.2) is 18.2 Å². The zero-order valence-corrected chi connectivity index (χ0v) is 10.3. The van der Waals surface area contributed by atoms with E-state index in [1.165, 1.54) is 0 Å². The van der Waals surface area contributed by atoms with Gasteiger partial charge in [0.05, 0.1) is 0 Å². The van der Waals surface area contributed by atoms with Crippen LogP contribution in [0.3, 0.4) is 0 Å². The van der Waals surface area contributed by atoms with Gasteiger partial charge in [0, 0.05) is 18.9 Å². The van der Waals surface area contributed by atoms with Gasteiger partial charge in [-0.1, -0.05) is 6.07 Å². The third-order valence-corrected chi connectivity index (χ3v) is 2.65. The monoisotopic (exact) mass is 264 g/mol. The Kier molecular flexibility index (Phi) is 4.22. The first kappa shape index (κ1) is 13.2. The molecule has 0 spiro atoms. The molecule has 1 heterocycles. The van der Waals surface area contributed by atoms with Gasteiger partial charge < -0.3 is 24.7 Å². The van der Waals surface area contributed by atoms with Crippen molar-refractivity contribution in [2.75, 3.05) is 13.2 Å². The van der Waals surface area contributed by atoms with Crippen LogP contribution in [0.5, 0.6) is 11.5 Å². The largest absolute Gasteiger partial charge is 0.550 e. The predicted molar refractivity (Wildman–Crippen MR) is 63.5 cm³/mol. The van der Waals surface area contributed by atoms with Gasteiger partial charge in [-0.3, -0.25) is 4.79 Å². The molecule has 1 aliphatic rings. The number of benzene rings is 1. The molecule has 0 unspecified atom stereocenters. The van der Waals surface area contributed by atoms with Crippen molar-refractivity contribution < 1.29 is 24.2 Å². The Hall–Kier alpha value is -2.24. The number of carboxylic acid groups (broad SMARTS) is 1. The minimum absolute atomic E-state index is 0.0765. The molecule has 1 aromatic carbocycles. The Labute approximate surface area is 110 Å². The second-order valence-electron chi connectivity index (χ2n) is 4.13. The summed E-state index contributed by atoms with van der Waals surface area (Å²) in [5, 5.41) is 12.9. The minimum Gasteiger partial charge on any atom is -0.550 e. The Bertz CT molecular complexity index is 486. The minimum atomic E-state index is -1.23. The third kappa shape index (κ3) is 3.87. The molecule has 1 amide bonds. The van der Waals surface area contributed by atoms with Gasteiger partial charge in [0.1, 0.15) is 13.2 Å². The molecule has 0 fully saturated rings. The molecule has 102 valence electrons. The molecule has 0 aliphatic carbocycles. The Morgan fingerprint density at radius 2 is 1.89 bits per heavy atom. The van der Waals surface area contributed by atoms with Crippen molar-refractivity contribution in [2.24, 2.45) is 0 Å². The Morgan fingerprint density at radius 3 is 2.63 bits per heavy atom. The van der Waals surface area contributed by atoms with Crippen molar-refractivity contribution in [3.8, 4) is 11.5 Å². The molecule has 0 atom stereocenters. The number of carboxylic acids is 1. The molecular weight excluding hydrogens is 250 g/mol. The highest BCUT2D eigenvalue weighted by Crippen LogP contribution is 2.30. The van der Waals surface area contributed by atoms with E-state index < -0.39 is 5.97 Å². The van der Waals surface area contributed by atoms with Gasteiger partial charge in [0.2, 0.25) is 5.91 Å². The first-order valence-corrected chi connectivity index (χ1v) is 6.00. The Balaban J connectivity index is 1.86. The second kappa shape index (κ2) is 6.08. The number of amides is 1. The van der Waals surface area contributed by atoms with E-state index in [4.69, 9.17) is 9.47 Å². The van der Waals surface area contributed by atoms with Crippen LogP contribution in [0, 0.1) is 0 Å². The van der Waals surface area contributed by atoms with Gasteiger partial charge in [-0.05, 0) is 24.1 Å². The lowest BCUT2D eigenvalue weighted by molar-refractivity contribution is -0.305. The van der Waals surface area contributed by atoms with Crippen LogP contribution in [-0.2, 0) is 16.1 Å². The molecule has 1 aliphatic heterocycles. The lowest BCUT2D eigenvalue weighted by Gasteiger charge is -2.19. The molecule has 0 saturated carbocycles. The van der Waals surface area contributed by atoms with Crippen LogP contribution >= 0.6 is 0 Å². The number of nitrogens with one attached hydrogen (secondary N) is 1. The number of carbonyl (C=O) groups excluding carboxylic acids is 2. The summed E-state index contributed by atoms with van der Waals surface area (Å²) in [5.74, 6) is -0.195. The lowest BCUT2D eigenvalue weighted by atomic mass is 10.2. The molecule has 0 bridgehead atoms. The highest BCUT2D eigenvalue weighted by molar-refractivity contribution is 5.79. The fourth-order valence-electron chi connectivity index (χ4n) is 1.70. The summed E-state index contributed by atoms with van der Waals surface area (Å²) in [6, 6.07) is 5.41. The van der Waals surface area contributed by atoms with E-state index in [1.54, 1.807) is 12.1 Å². The first-order valence-electron chi connectivity index (χ1n) is 6.00. The Morgan fingerprint density at radius 1 is 1.16 bits per heavy atom. The summed E-state index contributed by atoms with van der Waals surface area (Å²) in [5.41, 5.74) is 0.867. The fourth-order valence-corrected chi connectivity index (χ4v) is 1.70. The molecule has 0 radical (unpaired) electrons. The topological polar surface area (TPSA) is 87.7 Å². The maximum Gasteiger partial charge on any atom is 0.220 e. The lowest BCUT2D eigenvalue weighted by Crippen LogP contribution is -2.27. The average Bonchev–Trinajstić information content (AvgIpc) is 2.42. The predicted octanol–water partition coefficient (Wildman–Crippen LogP) is -0.396. The maximum atomic E-state index is 11.4. The smallest absolute Gasteiger partial charge is 0.220 e. The zero-order chi connectivity index (χ0) is 13.7. The van der Waals surface area contributed by atoms with Gasteiger partial charge in [-0.15, -0.1) is 0 Å². The number of hydrogen-bond acceptors (Lipinski definition) is 5. The summed E-state index contributed by atoms with van der Waals surface area (Å²) < 4.78 is 10.8. The highest BCUT2D eigenvalue weighted by Gasteiger charge is 2.11. The molecule has 0 aromatic heterocycles. The van der Waals surface area contributed by atoms with Crippen molar-refractivity contribution >= 4 is 11.9 Å². The number of aliphatic carboxylic acids is 1. The van der Waals surface area contributed by atoms with Crippen LogP contribution in [-0.4, -0.2) is 25.1 Å². The highest BCUT2D eigenvalue weighted by atomic mass is 16.6. The molecule has 6 nitrogen and oxygen atoms in total. The van der Waals surface area contributed by atoms with E-state index in [-0.39, 0.29) is 18.7 Å². The van der Waals surface area contributed by atoms with E-state index in [0.29, 0.717) is 31.3 Å². The van der Waals surface area contributed by atoms with Gasteiger partial charge in [-0.2, -0.15) is 0 Å². The summed E-state index contributed by atoms with van der Waals surface area (Å²) >= 11 is 0. The van der Waals surface area contributed by atoms with Crippen molar-refractivity contribution in [1.29, 1.82) is 0 Å². The van der Waals surface area contributed by atoms with E-state index in [9.17, 15) is 14.7 Å². The zero-order valence-electron chi connectivity index (χ0n) is 10.3. The van der Waals surface area contributed by atoms with Crippen molar-refractivity contribution in [3.05, 3.63) is 23.8 Å². The van der Waals surface area contributed by atoms with Gasteiger partial charge in [0.25, 0.3) is 0 Å². The molecule has 2 rings (SSSR count). The molecule has 0 saturated heterocycles. The van der Waals surface area contributed by atoms with Gasteiger partial charge >= 0.3 is 0 Å². The fraction of sp³-hybridized carbons (Fsp3) is 0.385. The summed E-state index contributed by atoms with van der Waals surface area (Å²) in [6.45, 7) is 1.36. The standard InChI is InChI=1S/C13H15NO5/c15-12(3-4-13(16)17)14-8-9-1-2-10-11(7-9)19-6-5-18-10/h1-2,7H,3-6,8H2,(H,14,15)(H,16,17)/p-1. The maximum absolute atomic E-state index is 11.4. The molecule has 6 heteroatoms. The van der Waals surface area contributed by atoms with Gasteiger partial charge in [0.15, 0.2) is 11.5 Å². The van der Waals surface area contributed by atoms with Crippen LogP contribution in [0.4, 0.5) is 0 Å². The van der Waals surface area contributed by atoms with E-state index >= 15 is 0 Å². The second-order valence-corrected chi connectivity index (χ2v) is 4.13. The van der Waals surface area contributed by atoms with E-state index in [0.717, 1.165) is 5.56 Å². The molecule has 1 aromatic rings. The van der Waals surface area contributed by atoms with Gasteiger partial charge in [-0.25, -0.2) is 0 Å². The summed E-state index contributed by atoms with van der Waals surface area (Å²) in [6.07, 6.45) is -0.347. The molecule has 19 heavy (non-hydrogen) atoms. The normalized spacial score (nSPS) is 12.8. The van der Waals surface area contributed by atoms with Crippen molar-refractivity contribution in [3.63, 3.8) is 0 Å². The number of hydrogen-bond donors (Lipinski definition) is 1.